The topological polar surface area (TPSA) is 98.5 Å². The number of amides is 1. The first kappa shape index (κ1) is 18.8. The van der Waals surface area contributed by atoms with Crippen LogP contribution in [0.5, 0.6) is 5.75 Å². The van der Waals surface area contributed by atoms with Gasteiger partial charge in [-0.15, -0.1) is 0 Å². The lowest BCUT2D eigenvalue weighted by Crippen LogP contribution is -2.18. The van der Waals surface area contributed by atoms with Gasteiger partial charge in [0, 0.05) is 0 Å². The third-order valence-corrected chi connectivity index (χ3v) is 5.01. The van der Waals surface area contributed by atoms with Crippen LogP contribution in [-0.2, 0) is 10.0 Å². The average Bonchev–Trinajstić information content (AvgIpc) is 2.55. The molecule has 0 aliphatic carbocycles. The molecule has 2 aromatic rings. The largest absolute Gasteiger partial charge is 0.494 e. The summed E-state index contributed by atoms with van der Waals surface area (Å²) in [7, 11) is -3.87. The van der Waals surface area contributed by atoms with E-state index in [1.807, 2.05) is 20.8 Å². The Balaban J connectivity index is 2.44. The van der Waals surface area contributed by atoms with Crippen molar-refractivity contribution in [3.63, 3.8) is 0 Å². The number of benzene rings is 2. The first-order valence-electron chi connectivity index (χ1n) is 7.94. The monoisotopic (exact) mass is 362 g/mol. The zero-order valence-corrected chi connectivity index (χ0v) is 15.3. The van der Waals surface area contributed by atoms with Gasteiger partial charge in [-0.05, 0) is 48.7 Å². The van der Waals surface area contributed by atoms with Crippen molar-refractivity contribution < 1.29 is 17.9 Å². The number of nitrogens with two attached hydrogens (primary N) is 1. The van der Waals surface area contributed by atoms with Crippen molar-refractivity contribution in [3.05, 3.63) is 53.6 Å². The zero-order chi connectivity index (χ0) is 18.6. The highest BCUT2D eigenvalue weighted by Gasteiger charge is 2.20. The SMILES string of the molecule is CCOc1ccc(S(=O)(=O)Nc2ccccc2C(N)=O)cc1C(C)C. The summed E-state index contributed by atoms with van der Waals surface area (Å²) in [6.45, 7) is 6.29. The molecule has 0 atom stereocenters. The molecule has 1 amide bonds. The Morgan fingerprint density at radius 1 is 1.20 bits per heavy atom. The molecule has 0 spiro atoms. The van der Waals surface area contributed by atoms with Gasteiger partial charge in [0.25, 0.3) is 15.9 Å². The van der Waals surface area contributed by atoms with Gasteiger partial charge < -0.3 is 10.5 Å². The summed E-state index contributed by atoms with van der Waals surface area (Å²) in [6.07, 6.45) is 0. The van der Waals surface area contributed by atoms with Crippen molar-refractivity contribution >= 4 is 21.6 Å². The molecule has 3 N–H and O–H groups in total. The van der Waals surface area contributed by atoms with Crippen LogP contribution in [0.25, 0.3) is 0 Å². The summed E-state index contributed by atoms with van der Waals surface area (Å²) in [5.74, 6) is 0.0523. The summed E-state index contributed by atoms with van der Waals surface area (Å²) in [4.78, 5) is 11.6. The molecular weight excluding hydrogens is 340 g/mol. The molecule has 134 valence electrons. The van der Waals surface area contributed by atoms with Crippen LogP contribution in [0.2, 0.25) is 0 Å². The summed E-state index contributed by atoms with van der Waals surface area (Å²) >= 11 is 0. The van der Waals surface area contributed by atoms with Gasteiger partial charge in [0.1, 0.15) is 5.75 Å². The zero-order valence-electron chi connectivity index (χ0n) is 14.4. The van der Waals surface area contributed by atoms with Crippen molar-refractivity contribution in [2.24, 2.45) is 5.73 Å². The first-order chi connectivity index (χ1) is 11.8. The fraction of sp³-hybridized carbons (Fsp3) is 0.278. The smallest absolute Gasteiger partial charge is 0.261 e. The van der Waals surface area contributed by atoms with Crippen molar-refractivity contribution in [1.82, 2.24) is 0 Å². The van der Waals surface area contributed by atoms with Gasteiger partial charge >= 0.3 is 0 Å². The Morgan fingerprint density at radius 3 is 2.48 bits per heavy atom. The standard InChI is InChI=1S/C18H22N2O4S/c1-4-24-17-10-9-13(11-15(17)12(2)3)25(22,23)20-16-8-6-5-7-14(16)18(19)21/h5-12,20H,4H2,1-3H3,(H2,19,21). The molecule has 2 rings (SSSR count). The second kappa shape index (κ2) is 7.57. The number of carbonyl (C=O) groups excluding carboxylic acids is 1. The van der Waals surface area contributed by atoms with E-state index in [4.69, 9.17) is 10.5 Å². The molecule has 2 aromatic carbocycles. The van der Waals surface area contributed by atoms with E-state index in [1.54, 1.807) is 24.3 Å². The van der Waals surface area contributed by atoms with E-state index in [9.17, 15) is 13.2 Å². The van der Waals surface area contributed by atoms with Gasteiger partial charge in [0.2, 0.25) is 0 Å². The number of hydrogen-bond acceptors (Lipinski definition) is 4. The van der Waals surface area contributed by atoms with Gasteiger partial charge in [0.15, 0.2) is 0 Å². The minimum atomic E-state index is -3.87. The molecular formula is C18H22N2O4S. The Bertz CT molecular complexity index is 876. The second-order valence-electron chi connectivity index (χ2n) is 5.80. The van der Waals surface area contributed by atoms with E-state index in [1.165, 1.54) is 18.2 Å². The molecule has 0 aliphatic rings. The van der Waals surface area contributed by atoms with Crippen LogP contribution in [0.1, 0.15) is 42.6 Å². The van der Waals surface area contributed by atoms with E-state index in [0.29, 0.717) is 12.4 Å². The van der Waals surface area contributed by atoms with Gasteiger partial charge in [-0.1, -0.05) is 26.0 Å². The molecule has 0 saturated heterocycles. The normalized spacial score (nSPS) is 11.4. The summed E-state index contributed by atoms with van der Waals surface area (Å²) < 4.78 is 33.4. The number of anilines is 1. The molecule has 7 heteroatoms. The molecule has 0 heterocycles. The van der Waals surface area contributed by atoms with Crippen LogP contribution >= 0.6 is 0 Å². The highest BCUT2D eigenvalue weighted by atomic mass is 32.2. The van der Waals surface area contributed by atoms with Crippen LogP contribution in [0.3, 0.4) is 0 Å². The molecule has 0 radical (unpaired) electrons. The lowest BCUT2D eigenvalue weighted by molar-refractivity contribution is 0.100. The number of sulfonamides is 1. The fourth-order valence-electron chi connectivity index (χ4n) is 2.42. The Kier molecular flexibility index (Phi) is 5.69. The molecule has 0 fully saturated rings. The van der Waals surface area contributed by atoms with Crippen LogP contribution in [0.4, 0.5) is 5.69 Å². The first-order valence-corrected chi connectivity index (χ1v) is 9.43. The fourth-order valence-corrected chi connectivity index (χ4v) is 3.54. The maximum absolute atomic E-state index is 12.7. The van der Waals surface area contributed by atoms with E-state index in [-0.39, 0.29) is 22.1 Å². The van der Waals surface area contributed by atoms with Gasteiger partial charge in [-0.2, -0.15) is 0 Å². The Hall–Kier alpha value is -2.54. The number of carbonyl (C=O) groups is 1. The molecule has 0 saturated carbocycles. The van der Waals surface area contributed by atoms with E-state index in [2.05, 4.69) is 4.72 Å². The highest BCUT2D eigenvalue weighted by Crippen LogP contribution is 2.30. The summed E-state index contributed by atoms with van der Waals surface area (Å²) in [6, 6.07) is 10.9. The molecule has 25 heavy (non-hydrogen) atoms. The number of primary amides is 1. The average molecular weight is 362 g/mol. The molecule has 0 unspecified atom stereocenters. The number of nitrogens with one attached hydrogen (secondary N) is 1. The van der Waals surface area contributed by atoms with Crippen molar-refractivity contribution in [2.45, 2.75) is 31.6 Å². The third kappa shape index (κ3) is 4.30. The maximum atomic E-state index is 12.7. The molecule has 0 aromatic heterocycles. The highest BCUT2D eigenvalue weighted by molar-refractivity contribution is 7.92. The van der Waals surface area contributed by atoms with Crippen LogP contribution in [0.15, 0.2) is 47.4 Å². The number of hydrogen-bond donors (Lipinski definition) is 2. The van der Waals surface area contributed by atoms with E-state index in [0.717, 1.165) is 5.56 Å². The predicted molar refractivity (Wildman–Crippen MR) is 97.5 cm³/mol. The van der Waals surface area contributed by atoms with Crippen LogP contribution in [-0.4, -0.2) is 20.9 Å². The Labute approximate surface area is 148 Å². The summed E-state index contributed by atoms with van der Waals surface area (Å²) in [5.41, 5.74) is 6.36. The minimum absolute atomic E-state index is 0.0922. The lowest BCUT2D eigenvalue weighted by atomic mass is 10.0. The van der Waals surface area contributed by atoms with Crippen LogP contribution in [0, 0.1) is 0 Å². The van der Waals surface area contributed by atoms with Crippen LogP contribution < -0.4 is 15.2 Å². The number of rotatable bonds is 7. The number of ether oxygens (including phenoxy) is 1. The van der Waals surface area contributed by atoms with Crippen molar-refractivity contribution in [2.75, 3.05) is 11.3 Å². The van der Waals surface area contributed by atoms with Crippen molar-refractivity contribution in [1.29, 1.82) is 0 Å². The lowest BCUT2D eigenvalue weighted by Gasteiger charge is -2.16. The van der Waals surface area contributed by atoms with Gasteiger partial charge in [-0.3, -0.25) is 9.52 Å². The van der Waals surface area contributed by atoms with Gasteiger partial charge in [0.05, 0.1) is 22.8 Å². The van der Waals surface area contributed by atoms with E-state index < -0.39 is 15.9 Å². The number of para-hydroxylation sites is 1. The third-order valence-electron chi connectivity index (χ3n) is 3.65. The quantitative estimate of drug-likeness (QED) is 0.790. The van der Waals surface area contributed by atoms with Gasteiger partial charge in [-0.25, -0.2) is 8.42 Å². The minimum Gasteiger partial charge on any atom is -0.494 e. The second-order valence-corrected chi connectivity index (χ2v) is 7.49. The molecule has 6 nitrogen and oxygen atoms in total. The molecule has 0 aliphatic heterocycles. The van der Waals surface area contributed by atoms with E-state index >= 15 is 0 Å². The predicted octanol–water partition coefficient (Wildman–Crippen LogP) is 3.11. The Morgan fingerprint density at radius 2 is 1.88 bits per heavy atom. The molecule has 0 bridgehead atoms. The van der Waals surface area contributed by atoms with Crippen molar-refractivity contribution in [3.8, 4) is 5.75 Å². The maximum Gasteiger partial charge on any atom is 0.261 e. The summed E-state index contributed by atoms with van der Waals surface area (Å²) in [5, 5.41) is 0.